The molecule has 0 saturated carbocycles. The van der Waals surface area contributed by atoms with Gasteiger partial charge in [0.05, 0.1) is 140 Å². The molecular weight excluding hydrogens is 1740 g/mol. The number of carbonyl (C=O) groups is 6. The number of phenolic OH excluding ortho intramolecular Hbond substituents is 6. The third-order valence-corrected chi connectivity index (χ3v) is 14.5. The van der Waals surface area contributed by atoms with Gasteiger partial charge in [0, 0.05) is 33.4 Å². The summed E-state index contributed by atoms with van der Waals surface area (Å²) in [5.74, 6) is -8.10. The number of phenols is 6. The van der Waals surface area contributed by atoms with E-state index in [-0.39, 0.29) is 150 Å². The van der Waals surface area contributed by atoms with Crippen molar-refractivity contribution in [2.24, 2.45) is 0 Å². The first-order valence-electron chi connectivity index (χ1n) is 33.3. The number of aromatic carboxylic acids is 6. The Balaban J connectivity index is -0.00000127. The van der Waals surface area contributed by atoms with Crippen LogP contribution in [0.3, 0.4) is 0 Å². The molecule has 648 valence electrons. The standard InChI is InChI=1S/6C7H6N2.6C7H6O3.3Ni.6H2O/c6*1-2-4-7-6(3-1)8-5-9-7;6*8-6-3-1-2-5(4-6)7(9)10;;;;;;;;;/h6*1-5H,(H,8,9);6*1-4,8H,(H,9,10);;;;6*1H2/q;;;;;;;;;;;;3*+2;;;;;;/p-6. The van der Waals surface area contributed by atoms with E-state index in [0.29, 0.717) is 0 Å². The SMILES string of the molecule is O.O.O.O.O.O.O=C([O-])c1cccc(O)c1.O=C([O-])c1cccc(O)c1.O=C([O-])c1cccc(O)c1.O=C([O-])c1cccc(O)c1.O=C([O-])c1cccc(O)c1.O=C([O-])c1cccc(O)c1.[Ni+2].[Ni+2].[Ni+2].c1ccc2[nH]cnc2c1.c1ccc2[nH]cnc2c1.c1ccc2[nH]cnc2c1.c1ccc2[nH]cnc2c1.c1ccc2[nH]cnc2c1.c1ccc2[nH]cnc2c1. The molecule has 0 spiro atoms. The van der Waals surface area contributed by atoms with Crippen LogP contribution in [0.4, 0.5) is 0 Å². The first-order chi connectivity index (χ1) is 55.0. The van der Waals surface area contributed by atoms with Gasteiger partial charge in [0.15, 0.2) is 0 Å². The molecule has 0 amide bonds. The maximum absolute atomic E-state index is 10.1. The Labute approximate surface area is 727 Å². The van der Waals surface area contributed by atoms with E-state index in [1.165, 1.54) is 109 Å². The van der Waals surface area contributed by atoms with Crippen LogP contribution in [0.5, 0.6) is 34.5 Å². The molecule has 0 aliphatic heterocycles. The Morgan fingerprint density at radius 1 is 0.195 bits per heavy atom. The predicted octanol–water partition coefficient (Wildman–Crippen LogP) is 2.96. The van der Waals surface area contributed by atoms with Gasteiger partial charge in [0.2, 0.25) is 0 Å². The van der Waals surface area contributed by atoms with E-state index in [9.17, 15) is 59.4 Å². The van der Waals surface area contributed by atoms with Crippen molar-refractivity contribution in [3.8, 4) is 34.5 Å². The molecule has 18 rings (SSSR count). The molecule has 0 unspecified atom stereocenters. The summed E-state index contributed by atoms with van der Waals surface area (Å²) in [5.41, 5.74) is 12.6. The number of aromatic amines is 6. The number of benzene rings is 12. The Bertz CT molecular complexity index is 4950. The van der Waals surface area contributed by atoms with Crippen molar-refractivity contribution in [1.29, 1.82) is 0 Å². The van der Waals surface area contributed by atoms with Crippen molar-refractivity contribution in [2.75, 3.05) is 0 Å². The van der Waals surface area contributed by atoms with E-state index < -0.39 is 35.8 Å². The second-order valence-electron chi connectivity index (χ2n) is 22.5. The van der Waals surface area contributed by atoms with E-state index in [2.05, 4.69) is 59.8 Å². The third-order valence-electron chi connectivity index (χ3n) is 14.5. The smallest absolute Gasteiger partial charge is 0.545 e. The van der Waals surface area contributed by atoms with E-state index in [1.54, 1.807) is 38.0 Å². The van der Waals surface area contributed by atoms with Crippen molar-refractivity contribution >= 4 is 102 Å². The van der Waals surface area contributed by atoms with E-state index in [0.717, 1.165) is 103 Å². The molecule has 123 heavy (non-hydrogen) atoms. The second-order valence-corrected chi connectivity index (χ2v) is 22.5. The second kappa shape index (κ2) is 59.9. The number of nitrogens with zero attached hydrogens (tertiary/aromatic N) is 6. The van der Waals surface area contributed by atoms with E-state index >= 15 is 0 Å². The zero-order valence-corrected chi connectivity index (χ0v) is 66.4. The monoisotopic (exact) mass is 1810 g/mol. The van der Waals surface area contributed by atoms with Crippen molar-refractivity contribution < 1.29 is 172 Å². The molecule has 0 aliphatic carbocycles. The van der Waals surface area contributed by atoms with Crippen molar-refractivity contribution in [3.05, 3.63) is 363 Å². The molecule has 0 aliphatic rings. The minimum atomic E-state index is -1.28. The molecule has 24 N–H and O–H groups in total. The largest absolute Gasteiger partial charge is 2.00 e. The number of para-hydroxylation sites is 12. The number of hydrogen-bond donors (Lipinski definition) is 12. The molecule has 0 radical (unpaired) electrons. The quantitative estimate of drug-likeness (QED) is 0.106. The minimum absolute atomic E-state index is 0. The maximum atomic E-state index is 10.1. The van der Waals surface area contributed by atoms with E-state index in [1.807, 2.05) is 146 Å². The number of H-pyrrole nitrogens is 6. The van der Waals surface area contributed by atoms with Crippen LogP contribution in [-0.2, 0) is 49.5 Å². The summed E-state index contributed by atoms with van der Waals surface area (Å²) in [6.45, 7) is 0. The molecule has 6 heterocycles. The van der Waals surface area contributed by atoms with Crippen LogP contribution in [0.2, 0.25) is 0 Å². The van der Waals surface area contributed by atoms with Gasteiger partial charge in [-0.2, -0.15) is 0 Å². The van der Waals surface area contributed by atoms with Crippen molar-refractivity contribution in [3.63, 3.8) is 0 Å². The van der Waals surface area contributed by atoms with Crippen LogP contribution in [0, 0.1) is 0 Å². The van der Waals surface area contributed by atoms with Gasteiger partial charge in [-0.1, -0.05) is 146 Å². The Kier molecular flexibility index (Phi) is 54.3. The number of carboxylic acids is 6. The van der Waals surface area contributed by atoms with Crippen LogP contribution < -0.4 is 30.6 Å². The molecule has 0 saturated heterocycles. The number of aromatic hydroxyl groups is 6. The predicted molar refractivity (Wildman–Crippen MR) is 433 cm³/mol. The summed E-state index contributed by atoms with van der Waals surface area (Å²) in [4.78, 5) is 103. The minimum Gasteiger partial charge on any atom is -0.545 e. The Morgan fingerprint density at radius 2 is 0.317 bits per heavy atom. The Hall–Kier alpha value is -15.7. The van der Waals surface area contributed by atoms with Crippen LogP contribution in [0.1, 0.15) is 62.1 Å². The first-order valence-corrected chi connectivity index (χ1v) is 33.3. The zero-order chi connectivity index (χ0) is 82.0. The van der Waals surface area contributed by atoms with Gasteiger partial charge in [-0.3, -0.25) is 0 Å². The molecule has 0 fully saturated rings. The number of fused-ring (bicyclic) bond motifs is 6. The molecule has 12 aromatic carbocycles. The average molecular weight is 1820 g/mol. The number of hydrogen-bond acceptors (Lipinski definition) is 24. The van der Waals surface area contributed by atoms with Crippen LogP contribution in [0.15, 0.2) is 329 Å². The fourth-order valence-corrected chi connectivity index (χ4v) is 9.08. The van der Waals surface area contributed by atoms with Crippen molar-refractivity contribution in [2.45, 2.75) is 0 Å². The number of rotatable bonds is 6. The molecule has 39 heteroatoms. The fraction of sp³-hybridized carbons (Fsp3) is 0. The van der Waals surface area contributed by atoms with Gasteiger partial charge in [0.25, 0.3) is 0 Å². The number of carboxylic acid groups (broad SMARTS) is 6. The van der Waals surface area contributed by atoms with Crippen LogP contribution >= 0.6 is 0 Å². The van der Waals surface area contributed by atoms with Gasteiger partial charge in [0.1, 0.15) is 34.5 Å². The van der Waals surface area contributed by atoms with Gasteiger partial charge in [-0.25, -0.2) is 29.9 Å². The molecular formula is C84H78N12Ni3O24. The van der Waals surface area contributed by atoms with Gasteiger partial charge < -0.3 is 153 Å². The summed E-state index contributed by atoms with van der Waals surface area (Å²) in [7, 11) is 0. The normalized spacial score (nSPS) is 8.98. The summed E-state index contributed by atoms with van der Waals surface area (Å²) >= 11 is 0. The summed E-state index contributed by atoms with van der Waals surface area (Å²) in [5, 5.41) is 113. The third kappa shape index (κ3) is 39.9. The van der Waals surface area contributed by atoms with Gasteiger partial charge in [-0.15, -0.1) is 0 Å². The number of nitrogens with one attached hydrogen (secondary N) is 6. The maximum Gasteiger partial charge on any atom is 2.00 e. The van der Waals surface area contributed by atoms with Crippen LogP contribution in [0.25, 0.3) is 66.2 Å². The molecule has 18 aromatic rings. The summed E-state index contributed by atoms with van der Waals surface area (Å²) in [6.07, 6.45) is 10.2. The number of imidazole rings is 6. The zero-order valence-electron chi connectivity index (χ0n) is 63.4. The van der Waals surface area contributed by atoms with E-state index in [4.69, 9.17) is 30.6 Å². The molecule has 0 bridgehead atoms. The number of carbonyl (C=O) groups excluding carboxylic acids is 6. The molecule has 36 nitrogen and oxygen atoms in total. The van der Waals surface area contributed by atoms with Crippen molar-refractivity contribution in [1.82, 2.24) is 59.8 Å². The molecule has 6 aromatic heterocycles. The Morgan fingerprint density at radius 3 is 0.415 bits per heavy atom. The average Bonchev–Trinajstić information content (AvgIpc) is 1.75. The number of aromatic nitrogens is 12. The topological polar surface area (TPSA) is 723 Å². The van der Waals surface area contributed by atoms with Crippen LogP contribution in [-0.4, -0.2) is 159 Å². The summed E-state index contributed by atoms with van der Waals surface area (Å²) < 4.78 is 0. The first kappa shape index (κ1) is 111. The van der Waals surface area contributed by atoms with Gasteiger partial charge in [-0.05, 0) is 146 Å². The fourth-order valence-electron chi connectivity index (χ4n) is 9.08. The van der Waals surface area contributed by atoms with Gasteiger partial charge >= 0.3 is 49.5 Å². The summed E-state index contributed by atoms with van der Waals surface area (Å²) in [6, 6.07) is 79.6. The molecule has 0 atom stereocenters.